The lowest BCUT2D eigenvalue weighted by molar-refractivity contribution is 0.427. The van der Waals surface area contributed by atoms with E-state index >= 15 is 0 Å². The van der Waals surface area contributed by atoms with Crippen molar-refractivity contribution >= 4 is 33.3 Å². The summed E-state index contributed by atoms with van der Waals surface area (Å²) in [4.78, 5) is 0. The lowest BCUT2D eigenvalue weighted by Gasteiger charge is -1.89. The van der Waals surface area contributed by atoms with Crippen LogP contribution in [-0.4, -0.2) is 22.3 Å². The normalized spacial score (nSPS) is 10.6. The maximum absolute atomic E-state index is 9.16. The minimum absolute atomic E-state index is 0.185. The van der Waals surface area contributed by atoms with Crippen LogP contribution in [0.4, 0.5) is 0 Å². The molecule has 0 aliphatic rings. The van der Waals surface area contributed by atoms with Gasteiger partial charge >= 0.3 is 7.12 Å². The van der Waals surface area contributed by atoms with E-state index in [0.717, 1.165) is 10.1 Å². The summed E-state index contributed by atoms with van der Waals surface area (Å²) >= 11 is 1.30. The van der Waals surface area contributed by atoms with Crippen molar-refractivity contribution < 1.29 is 15.2 Å². The Morgan fingerprint density at radius 2 is 1.92 bits per heavy atom. The molecule has 5 heteroatoms. The number of rotatable bonds is 1. The maximum Gasteiger partial charge on any atom is 0.499 e. The van der Waals surface area contributed by atoms with Gasteiger partial charge < -0.3 is 15.2 Å². The van der Waals surface area contributed by atoms with Crippen LogP contribution in [-0.2, 0) is 0 Å². The molecular formula is C8H7BO3S. The average molecular weight is 194 g/mol. The van der Waals surface area contributed by atoms with E-state index in [9.17, 15) is 0 Å². The zero-order chi connectivity index (χ0) is 9.42. The predicted octanol–water partition coefficient (Wildman–Crippen LogP) is 0.287. The third-order valence-electron chi connectivity index (χ3n) is 1.77. The third kappa shape index (κ3) is 1.53. The summed E-state index contributed by atoms with van der Waals surface area (Å²) in [6, 6.07) is 6.58. The Morgan fingerprint density at radius 1 is 1.15 bits per heavy atom. The monoisotopic (exact) mass is 194 g/mol. The first-order valence-electron chi connectivity index (χ1n) is 3.75. The van der Waals surface area contributed by atoms with Crippen LogP contribution < -0.4 is 4.78 Å². The van der Waals surface area contributed by atoms with Crippen LogP contribution in [0.1, 0.15) is 0 Å². The third-order valence-corrected chi connectivity index (χ3v) is 2.93. The van der Waals surface area contributed by atoms with Gasteiger partial charge in [-0.2, -0.15) is 0 Å². The van der Waals surface area contributed by atoms with Crippen LogP contribution in [0, 0.1) is 0 Å². The Hall–Kier alpha value is -1.04. The largest absolute Gasteiger partial charge is 0.508 e. The molecule has 0 aliphatic heterocycles. The van der Waals surface area contributed by atoms with E-state index in [4.69, 9.17) is 15.2 Å². The van der Waals surface area contributed by atoms with E-state index < -0.39 is 7.12 Å². The fourth-order valence-corrected chi connectivity index (χ4v) is 2.10. The van der Waals surface area contributed by atoms with Crippen LogP contribution in [0.15, 0.2) is 24.3 Å². The van der Waals surface area contributed by atoms with Gasteiger partial charge in [-0.15, -0.1) is 11.3 Å². The van der Waals surface area contributed by atoms with E-state index in [1.165, 1.54) is 11.3 Å². The van der Waals surface area contributed by atoms with Crippen molar-refractivity contribution in [2.45, 2.75) is 0 Å². The number of phenolic OH excluding ortho intramolecular Hbond substituents is 1. The van der Waals surface area contributed by atoms with Crippen molar-refractivity contribution in [3.8, 4) is 5.75 Å². The molecule has 0 unspecified atom stereocenters. The molecular weight excluding hydrogens is 187 g/mol. The van der Waals surface area contributed by atoms with Crippen LogP contribution in [0.25, 0.3) is 10.1 Å². The summed E-state index contributed by atoms with van der Waals surface area (Å²) in [6.07, 6.45) is 0. The Kier molecular flexibility index (Phi) is 1.99. The number of hydrogen-bond donors (Lipinski definition) is 3. The fourth-order valence-electron chi connectivity index (χ4n) is 1.18. The second-order valence-electron chi connectivity index (χ2n) is 2.74. The standard InChI is InChI=1S/C8H7BO3S/c10-6-1-2-7-5(3-6)4-8(13-7)9(11)12/h1-4,10-12H. The molecule has 0 saturated heterocycles. The molecule has 0 spiro atoms. The highest BCUT2D eigenvalue weighted by Crippen LogP contribution is 2.23. The molecule has 1 aromatic heterocycles. The van der Waals surface area contributed by atoms with Crippen molar-refractivity contribution in [2.75, 3.05) is 0 Å². The molecule has 0 radical (unpaired) electrons. The summed E-state index contributed by atoms with van der Waals surface area (Å²) in [6.45, 7) is 0. The van der Waals surface area contributed by atoms with Gasteiger partial charge in [-0.25, -0.2) is 0 Å². The number of phenols is 1. The van der Waals surface area contributed by atoms with Gasteiger partial charge in [0.2, 0.25) is 0 Å². The first-order valence-corrected chi connectivity index (χ1v) is 4.57. The van der Waals surface area contributed by atoms with Gasteiger partial charge in [0.15, 0.2) is 0 Å². The topological polar surface area (TPSA) is 60.7 Å². The number of benzene rings is 1. The predicted molar refractivity (Wildman–Crippen MR) is 53.3 cm³/mol. The fraction of sp³-hybridized carbons (Fsp3) is 0. The summed E-state index contributed by atoms with van der Waals surface area (Å²) in [7, 11) is -1.43. The van der Waals surface area contributed by atoms with Crippen molar-refractivity contribution in [3.05, 3.63) is 24.3 Å². The number of thiophene rings is 1. The molecule has 0 amide bonds. The first kappa shape index (κ1) is 8.56. The van der Waals surface area contributed by atoms with Crippen molar-refractivity contribution in [1.29, 1.82) is 0 Å². The Morgan fingerprint density at radius 3 is 2.62 bits per heavy atom. The van der Waals surface area contributed by atoms with E-state index in [2.05, 4.69) is 0 Å². The molecule has 0 fully saturated rings. The van der Waals surface area contributed by atoms with Crippen LogP contribution in [0.5, 0.6) is 5.75 Å². The minimum atomic E-state index is -1.43. The Labute approximate surface area is 79.0 Å². The Bertz CT molecular complexity index is 438. The minimum Gasteiger partial charge on any atom is -0.508 e. The van der Waals surface area contributed by atoms with Crippen molar-refractivity contribution in [2.24, 2.45) is 0 Å². The summed E-state index contributed by atoms with van der Waals surface area (Å²) in [5.41, 5.74) is 0. The van der Waals surface area contributed by atoms with Gasteiger partial charge in [0.05, 0.1) is 0 Å². The molecule has 3 N–H and O–H groups in total. The van der Waals surface area contributed by atoms with Gasteiger partial charge in [0, 0.05) is 9.48 Å². The van der Waals surface area contributed by atoms with E-state index in [1.54, 1.807) is 24.3 Å². The highest BCUT2D eigenvalue weighted by atomic mass is 32.1. The second kappa shape index (κ2) is 3.03. The summed E-state index contributed by atoms with van der Waals surface area (Å²) in [5.74, 6) is 0.185. The zero-order valence-electron chi connectivity index (χ0n) is 6.64. The van der Waals surface area contributed by atoms with E-state index in [-0.39, 0.29) is 5.75 Å². The molecule has 0 atom stereocenters. The molecule has 0 aliphatic carbocycles. The molecule has 1 aromatic carbocycles. The maximum atomic E-state index is 9.16. The van der Waals surface area contributed by atoms with Crippen molar-refractivity contribution in [1.82, 2.24) is 0 Å². The van der Waals surface area contributed by atoms with Crippen molar-refractivity contribution in [3.63, 3.8) is 0 Å². The summed E-state index contributed by atoms with van der Waals surface area (Å²) < 4.78 is 1.42. The molecule has 0 saturated carbocycles. The smallest absolute Gasteiger partial charge is 0.499 e. The quantitative estimate of drug-likeness (QED) is 0.571. The average Bonchev–Trinajstić information content (AvgIpc) is 2.46. The van der Waals surface area contributed by atoms with Gasteiger partial charge in [0.1, 0.15) is 5.75 Å². The summed E-state index contributed by atoms with van der Waals surface area (Å²) in [5, 5.41) is 27.8. The van der Waals surface area contributed by atoms with Crippen LogP contribution in [0.3, 0.4) is 0 Å². The van der Waals surface area contributed by atoms with E-state index in [0.29, 0.717) is 4.78 Å². The van der Waals surface area contributed by atoms with E-state index in [1.807, 2.05) is 0 Å². The number of hydrogen-bond acceptors (Lipinski definition) is 4. The highest BCUT2D eigenvalue weighted by Gasteiger charge is 2.14. The van der Waals surface area contributed by atoms with Gasteiger partial charge in [-0.05, 0) is 29.7 Å². The SMILES string of the molecule is OB(O)c1cc2cc(O)ccc2s1. The molecule has 13 heavy (non-hydrogen) atoms. The molecule has 0 bridgehead atoms. The number of aromatic hydroxyl groups is 1. The molecule has 66 valence electrons. The lowest BCUT2D eigenvalue weighted by Crippen LogP contribution is -2.26. The lowest BCUT2D eigenvalue weighted by atomic mass is 9.89. The van der Waals surface area contributed by atoms with Crippen LogP contribution >= 0.6 is 11.3 Å². The molecule has 3 nitrogen and oxygen atoms in total. The zero-order valence-corrected chi connectivity index (χ0v) is 7.45. The van der Waals surface area contributed by atoms with Gasteiger partial charge in [-0.1, -0.05) is 0 Å². The first-order chi connectivity index (χ1) is 6.16. The molecule has 2 rings (SSSR count). The molecule has 2 aromatic rings. The highest BCUT2D eigenvalue weighted by molar-refractivity contribution is 7.27. The molecule has 1 heterocycles. The van der Waals surface area contributed by atoms with Gasteiger partial charge in [0.25, 0.3) is 0 Å². The number of fused-ring (bicyclic) bond motifs is 1. The second-order valence-corrected chi connectivity index (χ2v) is 3.86. The Balaban J connectivity index is 2.62. The van der Waals surface area contributed by atoms with Crippen LogP contribution in [0.2, 0.25) is 0 Å². The van der Waals surface area contributed by atoms with Gasteiger partial charge in [-0.3, -0.25) is 0 Å².